The molecule has 3 N–H and O–H groups in total. The molecule has 0 saturated carbocycles. The Kier molecular flexibility index (Phi) is 7.43. The van der Waals surface area contributed by atoms with Gasteiger partial charge in [-0.15, -0.1) is 0 Å². The summed E-state index contributed by atoms with van der Waals surface area (Å²) in [4.78, 5) is 27.7. The third-order valence-electron chi connectivity index (χ3n) is 4.96. The van der Waals surface area contributed by atoms with E-state index < -0.39 is 0 Å². The molecule has 2 aromatic carbocycles. The smallest absolute Gasteiger partial charge is 0.279 e. The van der Waals surface area contributed by atoms with Gasteiger partial charge in [0.15, 0.2) is 13.1 Å². The van der Waals surface area contributed by atoms with Crippen molar-refractivity contribution in [2.75, 3.05) is 62.0 Å². The molecule has 1 fully saturated rings. The van der Waals surface area contributed by atoms with Crippen LogP contribution in [0.5, 0.6) is 0 Å². The molecular weight excluding hydrogens is 380 g/mol. The van der Waals surface area contributed by atoms with E-state index in [4.69, 9.17) is 4.74 Å². The fourth-order valence-electron chi connectivity index (χ4n) is 3.65. The topological polar surface area (TPSA) is 75.1 Å². The van der Waals surface area contributed by atoms with Crippen molar-refractivity contribution >= 4 is 28.9 Å². The van der Waals surface area contributed by atoms with E-state index in [1.807, 2.05) is 57.3 Å². The van der Waals surface area contributed by atoms with Crippen molar-refractivity contribution in [2.45, 2.75) is 13.8 Å². The van der Waals surface area contributed by atoms with Crippen LogP contribution in [0.15, 0.2) is 42.5 Å². The predicted molar refractivity (Wildman–Crippen MR) is 119 cm³/mol. The second-order valence-electron chi connectivity index (χ2n) is 7.93. The third kappa shape index (κ3) is 6.57. The summed E-state index contributed by atoms with van der Waals surface area (Å²) in [7, 11) is 1.84. The zero-order valence-corrected chi connectivity index (χ0v) is 18.0. The van der Waals surface area contributed by atoms with Crippen molar-refractivity contribution in [3.63, 3.8) is 0 Å². The second-order valence-corrected chi connectivity index (χ2v) is 7.93. The van der Waals surface area contributed by atoms with E-state index in [0.29, 0.717) is 0 Å². The van der Waals surface area contributed by atoms with Gasteiger partial charge < -0.3 is 25.2 Å². The van der Waals surface area contributed by atoms with Crippen LogP contribution in [0.3, 0.4) is 0 Å². The monoisotopic (exact) mass is 411 g/mol. The maximum atomic E-state index is 12.3. The SMILES string of the molecule is Cc1cc(C)cc(NC(=O)C[NH+](C)CC(=O)Nc2ccc(N3CCOCC3)cc2)c1. The van der Waals surface area contributed by atoms with Gasteiger partial charge in [-0.2, -0.15) is 0 Å². The normalized spacial score (nSPS) is 14.8. The highest BCUT2D eigenvalue weighted by atomic mass is 16.5. The van der Waals surface area contributed by atoms with Gasteiger partial charge in [0.2, 0.25) is 0 Å². The number of likely N-dealkylation sites (N-methyl/N-ethyl adjacent to an activating group) is 1. The molecule has 1 aliphatic rings. The van der Waals surface area contributed by atoms with Crippen LogP contribution < -0.4 is 20.4 Å². The molecule has 1 atom stereocenters. The van der Waals surface area contributed by atoms with E-state index in [1.54, 1.807) is 0 Å². The van der Waals surface area contributed by atoms with Gasteiger partial charge in [0.1, 0.15) is 0 Å². The lowest BCUT2D eigenvalue weighted by Gasteiger charge is -2.28. The number of benzene rings is 2. The lowest BCUT2D eigenvalue weighted by molar-refractivity contribution is -0.862. The Morgan fingerprint density at radius 3 is 2.00 bits per heavy atom. The van der Waals surface area contributed by atoms with E-state index in [1.165, 1.54) is 0 Å². The minimum Gasteiger partial charge on any atom is -0.378 e. The Morgan fingerprint density at radius 2 is 1.43 bits per heavy atom. The molecule has 2 aromatic rings. The van der Waals surface area contributed by atoms with Crippen LogP contribution in [0, 0.1) is 13.8 Å². The summed E-state index contributed by atoms with van der Waals surface area (Å²) >= 11 is 0. The molecule has 0 aromatic heterocycles. The fraction of sp³-hybridized carbons (Fsp3) is 0.391. The van der Waals surface area contributed by atoms with E-state index in [0.717, 1.165) is 59.4 Å². The Morgan fingerprint density at radius 1 is 0.900 bits per heavy atom. The Labute approximate surface area is 178 Å². The van der Waals surface area contributed by atoms with Crippen LogP contribution in [0.1, 0.15) is 11.1 Å². The summed E-state index contributed by atoms with van der Waals surface area (Å²) in [5.41, 5.74) is 4.87. The average molecular weight is 412 g/mol. The summed E-state index contributed by atoms with van der Waals surface area (Å²) in [6.45, 7) is 7.67. The number of hydrogen-bond donors (Lipinski definition) is 3. The van der Waals surface area contributed by atoms with Crippen molar-refractivity contribution in [1.29, 1.82) is 0 Å². The number of morpholine rings is 1. The van der Waals surface area contributed by atoms with Gasteiger partial charge in [-0.1, -0.05) is 6.07 Å². The standard InChI is InChI=1S/C23H30N4O3/c1-17-12-18(2)14-20(13-17)25-23(29)16-26(3)15-22(28)24-19-4-6-21(7-5-19)27-8-10-30-11-9-27/h4-7,12-14H,8-11,15-16H2,1-3H3,(H,24,28)(H,25,29)/p+1. The van der Waals surface area contributed by atoms with Gasteiger partial charge in [0.25, 0.3) is 11.8 Å². The summed E-state index contributed by atoms with van der Waals surface area (Å²) in [6.07, 6.45) is 0. The number of carbonyl (C=O) groups excluding carboxylic acids is 2. The van der Waals surface area contributed by atoms with Crippen LogP contribution in [-0.4, -0.2) is 58.3 Å². The third-order valence-corrected chi connectivity index (χ3v) is 4.96. The maximum Gasteiger partial charge on any atom is 0.279 e. The van der Waals surface area contributed by atoms with Gasteiger partial charge >= 0.3 is 0 Å². The molecule has 0 radical (unpaired) electrons. The molecule has 30 heavy (non-hydrogen) atoms. The van der Waals surface area contributed by atoms with Crippen LogP contribution in [0.25, 0.3) is 0 Å². The van der Waals surface area contributed by atoms with E-state index in [2.05, 4.69) is 21.6 Å². The zero-order chi connectivity index (χ0) is 21.5. The molecule has 0 bridgehead atoms. The van der Waals surface area contributed by atoms with Crippen LogP contribution >= 0.6 is 0 Å². The van der Waals surface area contributed by atoms with Crippen LogP contribution in [-0.2, 0) is 14.3 Å². The largest absolute Gasteiger partial charge is 0.378 e. The van der Waals surface area contributed by atoms with E-state index in [9.17, 15) is 9.59 Å². The van der Waals surface area contributed by atoms with Crippen LogP contribution in [0.2, 0.25) is 0 Å². The number of carbonyl (C=O) groups is 2. The van der Waals surface area contributed by atoms with Crippen molar-refractivity contribution in [2.24, 2.45) is 0 Å². The summed E-state index contributed by atoms with van der Waals surface area (Å²) in [5, 5.41) is 5.82. The van der Waals surface area contributed by atoms with Crippen molar-refractivity contribution < 1.29 is 19.2 Å². The fourth-order valence-corrected chi connectivity index (χ4v) is 3.65. The van der Waals surface area contributed by atoms with Gasteiger partial charge in [-0.05, 0) is 61.4 Å². The number of rotatable bonds is 7. The Hall–Kier alpha value is -2.90. The highest BCUT2D eigenvalue weighted by Crippen LogP contribution is 2.19. The molecule has 7 heteroatoms. The number of quaternary nitrogens is 1. The average Bonchev–Trinajstić information content (AvgIpc) is 2.68. The second kappa shape index (κ2) is 10.2. The molecular formula is C23H31N4O3+. The maximum absolute atomic E-state index is 12.3. The quantitative estimate of drug-likeness (QED) is 0.641. The van der Waals surface area contributed by atoms with Crippen LogP contribution in [0.4, 0.5) is 17.1 Å². The first-order valence-corrected chi connectivity index (χ1v) is 10.3. The number of nitrogens with one attached hydrogen (secondary N) is 3. The molecule has 0 spiro atoms. The highest BCUT2D eigenvalue weighted by Gasteiger charge is 2.15. The van der Waals surface area contributed by atoms with Gasteiger partial charge in [-0.3, -0.25) is 9.59 Å². The first-order valence-electron chi connectivity index (χ1n) is 10.3. The Bertz CT molecular complexity index is 856. The Balaban J connectivity index is 1.45. The van der Waals surface area contributed by atoms with Gasteiger partial charge in [0, 0.05) is 30.2 Å². The van der Waals surface area contributed by atoms with Gasteiger partial charge in [0.05, 0.1) is 20.3 Å². The van der Waals surface area contributed by atoms with Crippen molar-refractivity contribution in [3.05, 3.63) is 53.6 Å². The summed E-state index contributed by atoms with van der Waals surface area (Å²) < 4.78 is 5.38. The van der Waals surface area contributed by atoms with Crippen molar-refractivity contribution in [1.82, 2.24) is 0 Å². The number of anilines is 3. The predicted octanol–water partition coefficient (Wildman–Crippen LogP) is 1.23. The number of aryl methyl sites for hydroxylation is 2. The van der Waals surface area contributed by atoms with E-state index in [-0.39, 0.29) is 24.9 Å². The number of nitrogens with zero attached hydrogens (tertiary/aromatic N) is 1. The molecule has 1 saturated heterocycles. The molecule has 3 rings (SSSR count). The molecule has 7 nitrogen and oxygen atoms in total. The number of amides is 2. The molecule has 1 aliphatic heterocycles. The lowest BCUT2D eigenvalue weighted by atomic mass is 10.1. The highest BCUT2D eigenvalue weighted by molar-refractivity contribution is 5.93. The summed E-state index contributed by atoms with van der Waals surface area (Å²) in [6, 6.07) is 13.8. The molecule has 160 valence electrons. The van der Waals surface area contributed by atoms with Crippen molar-refractivity contribution in [3.8, 4) is 0 Å². The summed E-state index contributed by atoms with van der Waals surface area (Å²) in [5.74, 6) is -0.231. The zero-order valence-electron chi connectivity index (χ0n) is 18.0. The molecule has 0 aliphatic carbocycles. The molecule has 2 amide bonds. The molecule has 1 unspecified atom stereocenters. The number of hydrogen-bond acceptors (Lipinski definition) is 4. The minimum atomic E-state index is -0.120. The first-order chi connectivity index (χ1) is 14.4. The first kappa shape index (κ1) is 21.8. The lowest BCUT2D eigenvalue weighted by Crippen LogP contribution is -3.11. The molecule has 1 heterocycles. The minimum absolute atomic E-state index is 0.111. The number of ether oxygens (including phenoxy) is 1. The van der Waals surface area contributed by atoms with Gasteiger partial charge in [-0.25, -0.2) is 0 Å². The van der Waals surface area contributed by atoms with E-state index >= 15 is 0 Å².